The van der Waals surface area contributed by atoms with Crippen LogP contribution < -0.4 is 10.6 Å². The molecule has 2 N–H and O–H groups in total. The van der Waals surface area contributed by atoms with Crippen molar-refractivity contribution in [2.75, 3.05) is 17.7 Å². The Kier molecular flexibility index (Phi) is 5.42. The van der Waals surface area contributed by atoms with E-state index in [0.717, 1.165) is 39.3 Å². The molecule has 0 atom stereocenters. The quantitative estimate of drug-likeness (QED) is 0.724. The standard InChI is InChI=1S/C14H16ClIN4/c1-3-4-10-13(17-2)18-8-19-14(10)20-12-6-5-9(16)7-11(12)15/h5-8H,3-4H2,1-2H3,(H2,17,18,19,20). The fraction of sp³-hybridized carbons (Fsp3) is 0.286. The van der Waals surface area contributed by atoms with Gasteiger partial charge in [-0.1, -0.05) is 24.9 Å². The second kappa shape index (κ2) is 7.08. The number of hydrogen-bond acceptors (Lipinski definition) is 4. The van der Waals surface area contributed by atoms with Crippen LogP contribution in [0.2, 0.25) is 5.02 Å². The number of anilines is 3. The van der Waals surface area contributed by atoms with Crippen LogP contribution in [0.25, 0.3) is 0 Å². The summed E-state index contributed by atoms with van der Waals surface area (Å²) in [7, 11) is 1.86. The van der Waals surface area contributed by atoms with Crippen LogP contribution in [0.15, 0.2) is 24.5 Å². The Bertz CT molecular complexity index is 604. The molecule has 1 heterocycles. The van der Waals surface area contributed by atoms with Crippen molar-refractivity contribution < 1.29 is 0 Å². The molecule has 0 bridgehead atoms. The van der Waals surface area contributed by atoms with Gasteiger partial charge in [-0.25, -0.2) is 9.97 Å². The molecule has 4 nitrogen and oxygen atoms in total. The second-order valence-electron chi connectivity index (χ2n) is 4.30. The fourth-order valence-electron chi connectivity index (χ4n) is 1.94. The summed E-state index contributed by atoms with van der Waals surface area (Å²) >= 11 is 8.49. The smallest absolute Gasteiger partial charge is 0.139 e. The molecule has 0 amide bonds. The number of aromatic nitrogens is 2. The summed E-state index contributed by atoms with van der Waals surface area (Å²) in [6.07, 6.45) is 3.48. The Morgan fingerprint density at radius 3 is 2.65 bits per heavy atom. The summed E-state index contributed by atoms with van der Waals surface area (Å²) in [6.45, 7) is 2.13. The summed E-state index contributed by atoms with van der Waals surface area (Å²) in [5.74, 6) is 1.65. The number of rotatable bonds is 5. The number of nitrogens with one attached hydrogen (secondary N) is 2. The number of benzene rings is 1. The largest absolute Gasteiger partial charge is 0.373 e. The minimum atomic E-state index is 0.684. The predicted octanol–water partition coefficient (Wildman–Crippen LogP) is 4.47. The third-order valence-electron chi connectivity index (χ3n) is 2.87. The van der Waals surface area contributed by atoms with E-state index in [9.17, 15) is 0 Å². The van der Waals surface area contributed by atoms with E-state index in [-0.39, 0.29) is 0 Å². The van der Waals surface area contributed by atoms with Crippen LogP contribution in [-0.2, 0) is 6.42 Å². The van der Waals surface area contributed by atoms with Gasteiger partial charge in [0.1, 0.15) is 18.0 Å². The van der Waals surface area contributed by atoms with Crippen molar-refractivity contribution in [2.45, 2.75) is 19.8 Å². The second-order valence-corrected chi connectivity index (χ2v) is 5.95. The van der Waals surface area contributed by atoms with Gasteiger partial charge in [0.2, 0.25) is 0 Å². The van der Waals surface area contributed by atoms with Gasteiger partial charge in [0.05, 0.1) is 10.7 Å². The van der Waals surface area contributed by atoms with Crippen LogP contribution in [-0.4, -0.2) is 17.0 Å². The van der Waals surface area contributed by atoms with Crippen molar-refractivity contribution in [2.24, 2.45) is 0 Å². The minimum absolute atomic E-state index is 0.684. The third-order valence-corrected chi connectivity index (χ3v) is 3.85. The maximum atomic E-state index is 6.26. The van der Waals surface area contributed by atoms with Gasteiger partial charge in [-0.2, -0.15) is 0 Å². The molecule has 0 fully saturated rings. The normalized spacial score (nSPS) is 10.4. The van der Waals surface area contributed by atoms with Crippen LogP contribution in [0.1, 0.15) is 18.9 Å². The average Bonchev–Trinajstić information content (AvgIpc) is 2.43. The van der Waals surface area contributed by atoms with Crippen LogP contribution in [0.4, 0.5) is 17.3 Å². The van der Waals surface area contributed by atoms with E-state index in [4.69, 9.17) is 11.6 Å². The summed E-state index contributed by atoms with van der Waals surface area (Å²) in [4.78, 5) is 8.60. The lowest BCUT2D eigenvalue weighted by Gasteiger charge is -2.14. The monoisotopic (exact) mass is 402 g/mol. The molecule has 6 heteroatoms. The van der Waals surface area contributed by atoms with Gasteiger partial charge in [-0.15, -0.1) is 0 Å². The fourth-order valence-corrected chi connectivity index (χ4v) is 2.84. The van der Waals surface area contributed by atoms with Gasteiger partial charge >= 0.3 is 0 Å². The van der Waals surface area contributed by atoms with E-state index in [2.05, 4.69) is 50.1 Å². The first kappa shape index (κ1) is 15.3. The van der Waals surface area contributed by atoms with Crippen molar-refractivity contribution in [3.05, 3.63) is 38.7 Å². The van der Waals surface area contributed by atoms with Crippen LogP contribution >= 0.6 is 34.2 Å². The van der Waals surface area contributed by atoms with Crippen molar-refractivity contribution in [3.63, 3.8) is 0 Å². The molecule has 2 aromatic rings. The summed E-state index contributed by atoms with van der Waals surface area (Å²) < 4.78 is 1.10. The van der Waals surface area contributed by atoms with Crippen LogP contribution in [0, 0.1) is 3.57 Å². The number of hydrogen-bond donors (Lipinski definition) is 2. The maximum absolute atomic E-state index is 6.26. The van der Waals surface area contributed by atoms with Gasteiger partial charge in [-0.3, -0.25) is 0 Å². The Labute approximate surface area is 137 Å². The molecule has 1 aromatic carbocycles. The Hall–Kier alpha value is -1.08. The minimum Gasteiger partial charge on any atom is -0.373 e. The van der Waals surface area contributed by atoms with Gasteiger partial charge in [0, 0.05) is 16.2 Å². The SMILES string of the molecule is CCCc1c(NC)ncnc1Nc1ccc(I)cc1Cl. The molecular formula is C14H16ClIN4. The summed E-state index contributed by atoms with van der Waals surface area (Å²) in [6, 6.07) is 5.89. The first-order valence-electron chi connectivity index (χ1n) is 6.39. The van der Waals surface area contributed by atoms with Gasteiger partial charge in [-0.05, 0) is 47.2 Å². The zero-order valence-electron chi connectivity index (χ0n) is 11.4. The first-order valence-corrected chi connectivity index (χ1v) is 7.85. The molecule has 0 aliphatic rings. The van der Waals surface area contributed by atoms with Crippen LogP contribution in [0.3, 0.4) is 0 Å². The molecule has 0 aliphatic carbocycles. The van der Waals surface area contributed by atoms with Crippen LogP contribution in [0.5, 0.6) is 0 Å². The average molecular weight is 403 g/mol. The zero-order valence-corrected chi connectivity index (χ0v) is 14.3. The maximum Gasteiger partial charge on any atom is 0.139 e. The Balaban J connectivity index is 2.37. The first-order chi connectivity index (χ1) is 9.65. The summed E-state index contributed by atoms with van der Waals surface area (Å²) in [5, 5.41) is 7.09. The van der Waals surface area contributed by atoms with Crippen molar-refractivity contribution in [1.29, 1.82) is 0 Å². The van der Waals surface area contributed by atoms with E-state index >= 15 is 0 Å². The Morgan fingerprint density at radius 2 is 2.00 bits per heavy atom. The lowest BCUT2D eigenvalue weighted by Crippen LogP contribution is -2.05. The highest BCUT2D eigenvalue weighted by Crippen LogP contribution is 2.29. The molecule has 0 spiro atoms. The van der Waals surface area contributed by atoms with E-state index < -0.39 is 0 Å². The van der Waals surface area contributed by atoms with Gasteiger partial charge in [0.25, 0.3) is 0 Å². The lowest BCUT2D eigenvalue weighted by molar-refractivity contribution is 0.905. The van der Waals surface area contributed by atoms with Gasteiger partial charge < -0.3 is 10.6 Å². The summed E-state index contributed by atoms with van der Waals surface area (Å²) in [5.41, 5.74) is 1.93. The molecule has 1 aromatic heterocycles. The molecule has 0 saturated carbocycles. The van der Waals surface area contributed by atoms with Crippen molar-refractivity contribution >= 4 is 51.5 Å². The van der Waals surface area contributed by atoms with E-state index in [1.165, 1.54) is 0 Å². The number of nitrogens with zero attached hydrogens (tertiary/aromatic N) is 2. The predicted molar refractivity (Wildman–Crippen MR) is 93.0 cm³/mol. The Morgan fingerprint density at radius 1 is 1.25 bits per heavy atom. The number of halogens is 2. The van der Waals surface area contributed by atoms with Crippen molar-refractivity contribution in [3.8, 4) is 0 Å². The van der Waals surface area contributed by atoms with E-state index in [1.54, 1.807) is 6.33 Å². The molecule has 106 valence electrons. The molecule has 0 aliphatic heterocycles. The molecular weight excluding hydrogens is 387 g/mol. The van der Waals surface area contributed by atoms with Gasteiger partial charge in [0.15, 0.2) is 0 Å². The molecule has 0 saturated heterocycles. The molecule has 0 radical (unpaired) electrons. The topological polar surface area (TPSA) is 49.8 Å². The molecule has 0 unspecified atom stereocenters. The van der Waals surface area contributed by atoms with Crippen molar-refractivity contribution in [1.82, 2.24) is 9.97 Å². The highest BCUT2D eigenvalue weighted by Gasteiger charge is 2.11. The van der Waals surface area contributed by atoms with E-state index in [1.807, 2.05) is 25.2 Å². The molecule has 20 heavy (non-hydrogen) atoms. The third kappa shape index (κ3) is 3.52. The zero-order chi connectivity index (χ0) is 14.5. The highest BCUT2D eigenvalue weighted by atomic mass is 127. The lowest BCUT2D eigenvalue weighted by atomic mass is 10.1. The highest BCUT2D eigenvalue weighted by molar-refractivity contribution is 14.1. The molecule has 2 rings (SSSR count). The van der Waals surface area contributed by atoms with E-state index in [0.29, 0.717) is 5.02 Å².